The van der Waals surface area contributed by atoms with Crippen LogP contribution < -0.4 is 15.4 Å². The lowest BCUT2D eigenvalue weighted by Crippen LogP contribution is -2.33. The van der Waals surface area contributed by atoms with E-state index in [1.54, 1.807) is 18.2 Å². The van der Waals surface area contributed by atoms with Gasteiger partial charge in [-0.25, -0.2) is 9.50 Å². The van der Waals surface area contributed by atoms with E-state index >= 15 is 0 Å². The highest BCUT2D eigenvalue weighted by Gasteiger charge is 2.26. The standard InChI is InChI=1S/C34H38ClN5O4S/c1-6-27(44-28-15-12-20(3)18-22(28)34(4,5)7-2)33(43)36-21-13-14-23(35)25(19-21)37-31-30(45-17-16-29(41)42)32-38-24-10-8-9-11-26(24)40(32)39-31/h8-15,18-19,27,37,39H,6-7,16-17H2,1-5H3,(H,36,43)(H,41,42). The zero-order valence-corrected chi connectivity index (χ0v) is 27.6. The topological polar surface area (TPSA) is 121 Å². The van der Waals surface area contributed by atoms with Crippen LogP contribution in [0.25, 0.3) is 16.7 Å². The Bertz CT molecular complexity index is 1860. The lowest BCUT2D eigenvalue weighted by molar-refractivity contribution is -0.136. The first kappa shape index (κ1) is 32.2. The maximum Gasteiger partial charge on any atom is 0.304 e. The predicted molar refractivity (Wildman–Crippen MR) is 183 cm³/mol. The number of halogens is 1. The van der Waals surface area contributed by atoms with Gasteiger partial charge in [-0.15, -0.1) is 11.8 Å². The molecule has 11 heteroatoms. The number of aromatic nitrogens is 3. The van der Waals surface area contributed by atoms with Gasteiger partial charge in [0.1, 0.15) is 11.6 Å². The van der Waals surface area contributed by atoms with Crippen LogP contribution in [0.15, 0.2) is 65.6 Å². The van der Waals surface area contributed by atoms with Crippen molar-refractivity contribution in [3.8, 4) is 5.75 Å². The molecule has 3 aromatic carbocycles. The van der Waals surface area contributed by atoms with Gasteiger partial charge in [0.25, 0.3) is 5.91 Å². The van der Waals surface area contributed by atoms with Crippen molar-refractivity contribution in [2.45, 2.75) is 70.3 Å². The molecule has 2 aromatic heterocycles. The molecule has 0 fully saturated rings. The molecule has 4 N–H and O–H groups in total. The zero-order valence-electron chi connectivity index (χ0n) is 26.0. The third kappa shape index (κ3) is 7.07. The maximum absolute atomic E-state index is 13.5. The molecule has 1 unspecified atom stereocenters. The second-order valence-electron chi connectivity index (χ2n) is 11.6. The van der Waals surface area contributed by atoms with Gasteiger partial charge in [-0.05, 0) is 61.6 Å². The van der Waals surface area contributed by atoms with Crippen LogP contribution >= 0.6 is 23.4 Å². The van der Waals surface area contributed by atoms with E-state index in [4.69, 9.17) is 21.3 Å². The average molecular weight is 648 g/mol. The predicted octanol–water partition coefficient (Wildman–Crippen LogP) is 8.57. The molecule has 0 aliphatic rings. The minimum absolute atomic E-state index is 0.00460. The van der Waals surface area contributed by atoms with Gasteiger partial charge in [-0.1, -0.05) is 69.1 Å². The van der Waals surface area contributed by atoms with Crippen LogP contribution in [0.2, 0.25) is 5.02 Å². The summed E-state index contributed by atoms with van der Waals surface area (Å²) in [7, 11) is 0. The number of aryl methyl sites for hydroxylation is 1. The molecule has 0 aliphatic heterocycles. The Morgan fingerprint density at radius 3 is 2.64 bits per heavy atom. The lowest BCUT2D eigenvalue weighted by atomic mass is 9.81. The second-order valence-corrected chi connectivity index (χ2v) is 13.1. The summed E-state index contributed by atoms with van der Waals surface area (Å²) in [5.41, 5.74) is 5.61. The van der Waals surface area contributed by atoms with Gasteiger partial charge in [0.15, 0.2) is 11.8 Å². The molecular weight excluding hydrogens is 610 g/mol. The van der Waals surface area contributed by atoms with E-state index in [0.29, 0.717) is 45.8 Å². The van der Waals surface area contributed by atoms with Crippen LogP contribution in [0.4, 0.5) is 17.2 Å². The van der Waals surface area contributed by atoms with Crippen molar-refractivity contribution < 1.29 is 19.4 Å². The summed E-state index contributed by atoms with van der Waals surface area (Å²) >= 11 is 8.00. The first-order valence-corrected chi connectivity index (χ1v) is 16.4. The number of thioether (sulfide) groups is 1. The van der Waals surface area contributed by atoms with Crippen molar-refractivity contribution >= 4 is 69.1 Å². The fourth-order valence-electron chi connectivity index (χ4n) is 5.03. The number of ether oxygens (including phenoxy) is 1. The minimum atomic E-state index is -0.870. The van der Waals surface area contributed by atoms with Crippen LogP contribution in [-0.4, -0.2) is 43.4 Å². The molecule has 0 bridgehead atoms. The van der Waals surface area contributed by atoms with Crippen molar-refractivity contribution in [2.24, 2.45) is 0 Å². The van der Waals surface area contributed by atoms with E-state index in [1.807, 2.05) is 47.8 Å². The molecule has 0 aliphatic carbocycles. The van der Waals surface area contributed by atoms with Crippen molar-refractivity contribution in [3.63, 3.8) is 0 Å². The number of benzene rings is 3. The van der Waals surface area contributed by atoms with Gasteiger partial charge in [-0.3, -0.25) is 14.7 Å². The Hall–Kier alpha value is -4.15. The largest absolute Gasteiger partial charge is 0.481 e. The number of nitrogens with zero attached hydrogens (tertiary/aromatic N) is 2. The third-order valence-corrected chi connectivity index (χ3v) is 9.36. The number of carbonyl (C=O) groups excluding carboxylic acids is 1. The van der Waals surface area contributed by atoms with Crippen LogP contribution in [0, 0.1) is 6.92 Å². The molecule has 5 aromatic rings. The molecule has 5 rings (SSSR count). The van der Waals surface area contributed by atoms with E-state index in [1.165, 1.54) is 11.8 Å². The van der Waals surface area contributed by atoms with Gasteiger partial charge < -0.3 is 20.5 Å². The number of fused-ring (bicyclic) bond motifs is 3. The number of para-hydroxylation sites is 2. The quantitative estimate of drug-likeness (QED) is 0.0945. The molecule has 0 spiro atoms. The minimum Gasteiger partial charge on any atom is -0.481 e. The number of anilines is 3. The highest BCUT2D eigenvalue weighted by Crippen LogP contribution is 2.38. The van der Waals surface area contributed by atoms with Crippen LogP contribution in [-0.2, 0) is 15.0 Å². The van der Waals surface area contributed by atoms with Crippen molar-refractivity contribution in [1.82, 2.24) is 14.6 Å². The number of H-pyrrole nitrogens is 1. The Labute approximate surface area is 271 Å². The zero-order chi connectivity index (χ0) is 32.3. The van der Waals surface area contributed by atoms with E-state index in [9.17, 15) is 14.7 Å². The number of hydrogen-bond acceptors (Lipinski definition) is 6. The van der Waals surface area contributed by atoms with E-state index < -0.39 is 12.1 Å². The highest BCUT2D eigenvalue weighted by atomic mass is 35.5. The number of aliphatic carboxylic acids is 1. The fourth-order valence-corrected chi connectivity index (χ4v) is 6.18. The SMILES string of the molecule is CCC(Oc1ccc(C)cc1C(C)(C)CC)C(=O)Nc1ccc(Cl)c(Nc2[nH]n3c(nc4ccccc43)c2SCCC(=O)O)c1. The number of imidazole rings is 1. The Balaban J connectivity index is 1.39. The number of nitrogens with one attached hydrogen (secondary N) is 3. The number of hydrogen-bond donors (Lipinski definition) is 4. The van der Waals surface area contributed by atoms with Crippen LogP contribution in [0.5, 0.6) is 5.75 Å². The first-order valence-electron chi connectivity index (χ1n) is 15.0. The highest BCUT2D eigenvalue weighted by molar-refractivity contribution is 7.99. The van der Waals surface area contributed by atoms with E-state index in [2.05, 4.69) is 49.5 Å². The van der Waals surface area contributed by atoms with Crippen molar-refractivity contribution in [3.05, 3.63) is 76.8 Å². The van der Waals surface area contributed by atoms with Crippen molar-refractivity contribution in [2.75, 3.05) is 16.4 Å². The Kier molecular flexibility index (Phi) is 9.65. The summed E-state index contributed by atoms with van der Waals surface area (Å²) in [6.07, 6.45) is 0.717. The number of carbonyl (C=O) groups is 2. The maximum atomic E-state index is 13.5. The normalized spacial score (nSPS) is 12.4. The molecule has 0 saturated carbocycles. The van der Waals surface area contributed by atoms with Gasteiger partial charge in [0.05, 0.1) is 33.1 Å². The monoisotopic (exact) mass is 647 g/mol. The number of carboxylic acids is 1. The van der Waals surface area contributed by atoms with E-state index in [0.717, 1.165) is 33.5 Å². The summed E-state index contributed by atoms with van der Waals surface area (Å²) in [6, 6.07) is 19.0. The van der Waals surface area contributed by atoms with E-state index in [-0.39, 0.29) is 17.7 Å². The number of amides is 1. The summed E-state index contributed by atoms with van der Waals surface area (Å²) in [5.74, 6) is 0.558. The average Bonchev–Trinajstić information content (AvgIpc) is 3.53. The van der Waals surface area contributed by atoms with Crippen molar-refractivity contribution in [1.29, 1.82) is 0 Å². The molecule has 0 saturated heterocycles. The second kappa shape index (κ2) is 13.5. The Morgan fingerprint density at radius 2 is 1.91 bits per heavy atom. The first-order chi connectivity index (χ1) is 21.5. The number of carboxylic acid groups (broad SMARTS) is 1. The molecule has 1 atom stereocenters. The van der Waals surface area contributed by atoms with Gasteiger partial charge in [-0.2, -0.15) is 0 Å². The molecule has 236 valence electrons. The molecule has 1 amide bonds. The summed E-state index contributed by atoms with van der Waals surface area (Å²) in [4.78, 5) is 30.2. The van der Waals surface area contributed by atoms with Crippen LogP contribution in [0.3, 0.4) is 0 Å². The fraction of sp³-hybridized carbons (Fsp3) is 0.324. The molecular formula is C34H38ClN5O4S. The van der Waals surface area contributed by atoms with Gasteiger partial charge in [0, 0.05) is 17.0 Å². The summed E-state index contributed by atoms with van der Waals surface area (Å²) in [6.45, 7) is 10.5. The summed E-state index contributed by atoms with van der Waals surface area (Å²) in [5, 5.41) is 19.4. The molecule has 9 nitrogen and oxygen atoms in total. The van der Waals surface area contributed by atoms with Gasteiger partial charge in [0.2, 0.25) is 0 Å². The summed E-state index contributed by atoms with van der Waals surface area (Å²) < 4.78 is 8.20. The number of aromatic amines is 1. The van der Waals surface area contributed by atoms with Gasteiger partial charge >= 0.3 is 5.97 Å². The molecule has 0 radical (unpaired) electrons. The molecule has 45 heavy (non-hydrogen) atoms. The third-order valence-electron chi connectivity index (χ3n) is 7.95. The Morgan fingerprint density at radius 1 is 1.13 bits per heavy atom. The smallest absolute Gasteiger partial charge is 0.304 e. The molecule has 2 heterocycles. The van der Waals surface area contributed by atoms with Crippen LogP contribution in [0.1, 0.15) is 58.1 Å². The number of rotatable bonds is 13. The lowest BCUT2D eigenvalue weighted by Gasteiger charge is -2.28.